The Morgan fingerprint density at radius 1 is 1.23 bits per heavy atom. The third-order valence-corrected chi connectivity index (χ3v) is 1.68. The van der Waals surface area contributed by atoms with Crippen molar-refractivity contribution in [2.24, 2.45) is 11.7 Å². The highest BCUT2D eigenvalue weighted by atomic mass is 16.4. The average Bonchev–Trinajstić information content (AvgIpc) is 2.03. The van der Waals surface area contributed by atoms with Crippen LogP contribution in [0.4, 0.5) is 0 Å². The Balaban J connectivity index is 4.09. The Bertz CT molecular complexity index is 193. The number of carbonyl (C=O) groups is 2. The zero-order chi connectivity index (χ0) is 10.4. The normalized spacial score (nSPS) is 14.9. The van der Waals surface area contributed by atoms with E-state index in [2.05, 4.69) is 0 Å². The summed E-state index contributed by atoms with van der Waals surface area (Å²) in [5.41, 5.74) is 5.14. The van der Waals surface area contributed by atoms with Crippen molar-refractivity contribution in [3.8, 4) is 0 Å². The number of aliphatic hydroxyl groups is 1. The molecule has 0 spiro atoms. The van der Waals surface area contributed by atoms with Crippen LogP contribution in [-0.2, 0) is 9.59 Å². The number of carboxylic acids is 2. The molecule has 0 saturated heterocycles. The summed E-state index contributed by atoms with van der Waals surface area (Å²) in [6.45, 7) is -0.288. The molecule has 2 atom stereocenters. The van der Waals surface area contributed by atoms with E-state index in [4.69, 9.17) is 21.1 Å². The van der Waals surface area contributed by atoms with Crippen LogP contribution in [-0.4, -0.2) is 39.9 Å². The van der Waals surface area contributed by atoms with Gasteiger partial charge in [-0.25, -0.2) is 0 Å². The van der Waals surface area contributed by atoms with Gasteiger partial charge >= 0.3 is 11.9 Å². The number of rotatable bonds is 6. The lowest BCUT2D eigenvalue weighted by Crippen LogP contribution is -2.34. The van der Waals surface area contributed by atoms with Crippen LogP contribution in [0.5, 0.6) is 0 Å². The summed E-state index contributed by atoms with van der Waals surface area (Å²) in [6.07, 6.45) is -0.137. The van der Waals surface area contributed by atoms with E-state index in [0.717, 1.165) is 0 Å². The zero-order valence-corrected chi connectivity index (χ0v) is 7.01. The molecule has 5 N–H and O–H groups in total. The minimum atomic E-state index is -1.23. The van der Waals surface area contributed by atoms with Crippen LogP contribution in [0.2, 0.25) is 0 Å². The fraction of sp³-hybridized carbons (Fsp3) is 0.714. The summed E-state index contributed by atoms with van der Waals surface area (Å²) >= 11 is 0. The van der Waals surface area contributed by atoms with Gasteiger partial charge in [0.15, 0.2) is 0 Å². The fourth-order valence-electron chi connectivity index (χ4n) is 0.905. The molecule has 0 rings (SSSR count). The van der Waals surface area contributed by atoms with Crippen molar-refractivity contribution in [1.29, 1.82) is 0 Å². The van der Waals surface area contributed by atoms with E-state index in [1.54, 1.807) is 0 Å². The Morgan fingerprint density at radius 2 is 1.77 bits per heavy atom. The van der Waals surface area contributed by atoms with E-state index >= 15 is 0 Å². The molecule has 0 aliphatic rings. The summed E-state index contributed by atoms with van der Waals surface area (Å²) in [4.78, 5) is 20.8. The van der Waals surface area contributed by atoms with E-state index in [9.17, 15) is 9.59 Å². The molecule has 0 aliphatic heterocycles. The molecule has 1 unspecified atom stereocenters. The molecule has 76 valence electrons. The minimum Gasteiger partial charge on any atom is -0.481 e. The number of hydrogen-bond donors (Lipinski definition) is 4. The van der Waals surface area contributed by atoms with Crippen molar-refractivity contribution in [3.63, 3.8) is 0 Å². The van der Waals surface area contributed by atoms with Crippen LogP contribution >= 0.6 is 0 Å². The van der Waals surface area contributed by atoms with Gasteiger partial charge < -0.3 is 21.1 Å². The van der Waals surface area contributed by atoms with E-state index < -0.39 is 23.9 Å². The lowest BCUT2D eigenvalue weighted by Gasteiger charge is -2.12. The molecule has 6 nitrogen and oxygen atoms in total. The van der Waals surface area contributed by atoms with E-state index in [0.29, 0.717) is 0 Å². The molecule has 0 radical (unpaired) electrons. The van der Waals surface area contributed by atoms with Gasteiger partial charge in [-0.2, -0.15) is 0 Å². The van der Waals surface area contributed by atoms with Crippen molar-refractivity contribution < 1.29 is 24.9 Å². The predicted molar refractivity (Wildman–Crippen MR) is 43.1 cm³/mol. The van der Waals surface area contributed by atoms with Crippen molar-refractivity contribution >= 4 is 11.9 Å². The first-order valence-electron chi connectivity index (χ1n) is 3.81. The smallest absolute Gasteiger partial charge is 0.320 e. The monoisotopic (exact) mass is 191 g/mol. The van der Waals surface area contributed by atoms with Crippen molar-refractivity contribution in [1.82, 2.24) is 0 Å². The van der Waals surface area contributed by atoms with Gasteiger partial charge in [0, 0.05) is 6.61 Å². The fourth-order valence-corrected chi connectivity index (χ4v) is 0.905. The van der Waals surface area contributed by atoms with Crippen LogP contribution in [0.25, 0.3) is 0 Å². The van der Waals surface area contributed by atoms with Crippen molar-refractivity contribution in [3.05, 3.63) is 0 Å². The summed E-state index contributed by atoms with van der Waals surface area (Å²) in [5, 5.41) is 25.5. The van der Waals surface area contributed by atoms with E-state index in [1.807, 2.05) is 0 Å². The van der Waals surface area contributed by atoms with Gasteiger partial charge in [0.05, 0.1) is 5.92 Å². The molecule has 6 heteroatoms. The summed E-state index contributed by atoms with van der Waals surface area (Å²) < 4.78 is 0. The zero-order valence-electron chi connectivity index (χ0n) is 7.01. The summed E-state index contributed by atoms with van der Waals surface area (Å²) in [5.74, 6) is -3.26. The van der Waals surface area contributed by atoms with Gasteiger partial charge in [-0.15, -0.1) is 0 Å². The van der Waals surface area contributed by atoms with E-state index in [-0.39, 0.29) is 19.4 Å². The molecule has 0 aromatic rings. The highest BCUT2D eigenvalue weighted by Crippen LogP contribution is 2.10. The molecule has 0 bridgehead atoms. The van der Waals surface area contributed by atoms with Crippen LogP contribution in [0.15, 0.2) is 0 Å². The third-order valence-electron chi connectivity index (χ3n) is 1.68. The molecule has 0 aliphatic carbocycles. The molecule has 0 fully saturated rings. The van der Waals surface area contributed by atoms with Gasteiger partial charge in [0.1, 0.15) is 6.04 Å². The van der Waals surface area contributed by atoms with Gasteiger partial charge in [-0.05, 0) is 12.8 Å². The standard InChI is InChI=1S/C7H13NO5/c8-5(7(12)13)3-4(1-2-9)6(10)11/h4-5,9H,1-3,8H2,(H,10,11)(H,12,13)/t4?,5-/m1/s1. The molecule has 0 aromatic heterocycles. The first-order chi connectivity index (χ1) is 5.99. The molecule has 0 aromatic carbocycles. The van der Waals surface area contributed by atoms with Gasteiger partial charge in [-0.3, -0.25) is 9.59 Å². The van der Waals surface area contributed by atoms with Gasteiger partial charge in [-0.1, -0.05) is 0 Å². The number of carboxylic acid groups (broad SMARTS) is 2. The van der Waals surface area contributed by atoms with Crippen molar-refractivity contribution in [2.75, 3.05) is 6.61 Å². The first kappa shape index (κ1) is 11.9. The summed E-state index contributed by atoms with van der Waals surface area (Å²) in [7, 11) is 0. The number of nitrogens with two attached hydrogens (primary N) is 1. The minimum absolute atomic E-state index is 0.0241. The second-order valence-corrected chi connectivity index (χ2v) is 2.73. The number of aliphatic carboxylic acids is 2. The average molecular weight is 191 g/mol. The molecular formula is C7H13NO5. The second kappa shape index (κ2) is 5.50. The van der Waals surface area contributed by atoms with Crippen LogP contribution in [0, 0.1) is 5.92 Å². The lowest BCUT2D eigenvalue weighted by molar-refractivity contribution is -0.144. The quantitative estimate of drug-likeness (QED) is 0.421. The Kier molecular flexibility index (Phi) is 5.01. The molecule has 0 heterocycles. The van der Waals surface area contributed by atoms with Crippen LogP contribution in [0.1, 0.15) is 12.8 Å². The first-order valence-corrected chi connectivity index (χ1v) is 3.81. The maximum absolute atomic E-state index is 10.5. The van der Waals surface area contributed by atoms with Gasteiger partial charge in [0.2, 0.25) is 0 Å². The molecule has 0 amide bonds. The maximum atomic E-state index is 10.5. The number of aliphatic hydroxyl groups excluding tert-OH is 1. The highest BCUT2D eigenvalue weighted by molar-refractivity contribution is 5.75. The second-order valence-electron chi connectivity index (χ2n) is 2.73. The Hall–Kier alpha value is -1.14. The van der Waals surface area contributed by atoms with Crippen LogP contribution < -0.4 is 5.73 Å². The Morgan fingerprint density at radius 3 is 2.08 bits per heavy atom. The number of hydrogen-bond acceptors (Lipinski definition) is 4. The highest BCUT2D eigenvalue weighted by Gasteiger charge is 2.23. The lowest BCUT2D eigenvalue weighted by atomic mass is 9.97. The summed E-state index contributed by atoms with van der Waals surface area (Å²) in [6, 6.07) is -1.19. The maximum Gasteiger partial charge on any atom is 0.320 e. The Labute approximate surface area is 75.0 Å². The largest absolute Gasteiger partial charge is 0.481 e. The van der Waals surface area contributed by atoms with Crippen LogP contribution in [0.3, 0.4) is 0 Å². The predicted octanol–water partition coefficient (Wildman–Crippen LogP) is -1.13. The third kappa shape index (κ3) is 4.44. The van der Waals surface area contributed by atoms with E-state index in [1.165, 1.54) is 0 Å². The SMILES string of the molecule is N[C@H](CC(CCO)C(=O)O)C(=O)O. The van der Waals surface area contributed by atoms with Gasteiger partial charge in [0.25, 0.3) is 0 Å². The topological polar surface area (TPSA) is 121 Å². The molecular weight excluding hydrogens is 178 g/mol. The van der Waals surface area contributed by atoms with Crippen molar-refractivity contribution in [2.45, 2.75) is 18.9 Å². The molecule has 0 saturated carbocycles. The molecule has 13 heavy (non-hydrogen) atoms.